The van der Waals surface area contributed by atoms with Crippen LogP contribution in [-0.2, 0) is 10.5 Å². The van der Waals surface area contributed by atoms with E-state index in [1.165, 1.54) is 0 Å². The Morgan fingerprint density at radius 1 is 1.19 bits per heavy atom. The largest absolute Gasteiger partial charge is 0.494 e. The van der Waals surface area contributed by atoms with Gasteiger partial charge in [0, 0.05) is 34.0 Å². The monoisotopic (exact) mass is 466 g/mol. The summed E-state index contributed by atoms with van der Waals surface area (Å²) in [6.45, 7) is 2.51. The van der Waals surface area contributed by atoms with Gasteiger partial charge in [-0.05, 0) is 43.5 Å². The molecule has 2 aliphatic rings. The van der Waals surface area contributed by atoms with Crippen LogP contribution in [0.4, 0.5) is 5.95 Å². The minimum atomic E-state index is -0.353. The van der Waals surface area contributed by atoms with Crippen LogP contribution in [0.5, 0.6) is 5.75 Å². The maximum Gasteiger partial charge on any atom is 0.227 e. The third-order valence-electron chi connectivity index (χ3n) is 5.64. The number of hydrogen-bond acceptors (Lipinski definition) is 6. The molecule has 1 N–H and O–H groups in total. The number of rotatable bonds is 6. The first-order valence-electron chi connectivity index (χ1n) is 10.7. The van der Waals surface area contributed by atoms with E-state index in [1.807, 2.05) is 60.1 Å². The van der Waals surface area contributed by atoms with E-state index in [0.717, 1.165) is 51.8 Å². The molecule has 8 heteroatoms. The number of carbonyl (C=O) groups excluding carboxylic acids is 1. The maximum absolute atomic E-state index is 13.0. The summed E-state index contributed by atoms with van der Waals surface area (Å²) in [6, 6.07) is 15.3. The summed E-state index contributed by atoms with van der Waals surface area (Å²) >= 11 is 7.55. The Bertz CT molecular complexity index is 1190. The number of allylic oxidation sites excluding steroid dienone is 2. The summed E-state index contributed by atoms with van der Waals surface area (Å²) in [7, 11) is 0. The molecule has 1 aliphatic heterocycles. The standard InChI is InChI=1S/C24H23ClN4O2S/c1-2-31-20-9-4-3-6-17(20)22-21-18(7-5-8-19(21)30)26-23-27-24(28-29(22)23)32-14-15-10-12-16(25)13-11-15/h3-4,6,9-13,22H,2,5,7-8,14H2,1H3,(H,26,27,28)/t22-/m1/s1. The topological polar surface area (TPSA) is 69.0 Å². The van der Waals surface area contributed by atoms with Crippen molar-refractivity contribution in [3.8, 4) is 5.75 Å². The quantitative estimate of drug-likeness (QED) is 0.474. The molecule has 3 aromatic rings. The van der Waals surface area contributed by atoms with E-state index in [9.17, 15) is 4.79 Å². The summed E-state index contributed by atoms with van der Waals surface area (Å²) in [5.74, 6) is 2.32. The predicted molar refractivity (Wildman–Crippen MR) is 126 cm³/mol. The van der Waals surface area contributed by atoms with Crippen molar-refractivity contribution < 1.29 is 9.53 Å². The minimum Gasteiger partial charge on any atom is -0.494 e. The molecule has 0 spiro atoms. The lowest BCUT2D eigenvalue weighted by molar-refractivity contribution is -0.116. The highest BCUT2D eigenvalue weighted by Crippen LogP contribution is 2.43. The lowest BCUT2D eigenvalue weighted by Gasteiger charge is -2.32. The highest BCUT2D eigenvalue weighted by Gasteiger charge is 2.38. The number of thioether (sulfide) groups is 1. The third kappa shape index (κ3) is 4.02. The number of ketones is 1. The number of aromatic nitrogens is 3. The molecule has 1 atom stereocenters. The molecule has 1 aliphatic carbocycles. The molecule has 0 unspecified atom stereocenters. The molecule has 2 aromatic carbocycles. The fraction of sp³-hybridized carbons (Fsp3) is 0.292. The van der Waals surface area contributed by atoms with Crippen LogP contribution < -0.4 is 10.1 Å². The molecule has 1 aromatic heterocycles. The molecular weight excluding hydrogens is 444 g/mol. The lowest BCUT2D eigenvalue weighted by atomic mass is 9.85. The molecule has 0 bridgehead atoms. The normalized spacial score (nSPS) is 17.6. The number of nitrogens with one attached hydrogen (secondary N) is 1. The zero-order valence-corrected chi connectivity index (χ0v) is 19.2. The molecule has 32 heavy (non-hydrogen) atoms. The van der Waals surface area contributed by atoms with Crippen molar-refractivity contribution in [2.75, 3.05) is 11.9 Å². The van der Waals surface area contributed by atoms with Gasteiger partial charge in [-0.25, -0.2) is 4.68 Å². The molecular formula is C24H23ClN4O2S. The number of benzene rings is 2. The van der Waals surface area contributed by atoms with Crippen LogP contribution in [0.1, 0.15) is 43.4 Å². The number of ether oxygens (including phenoxy) is 1. The van der Waals surface area contributed by atoms with Crippen LogP contribution in [-0.4, -0.2) is 27.2 Å². The van der Waals surface area contributed by atoms with Crippen molar-refractivity contribution in [3.63, 3.8) is 0 Å². The highest BCUT2D eigenvalue weighted by atomic mass is 35.5. The van der Waals surface area contributed by atoms with Crippen LogP contribution in [0, 0.1) is 0 Å². The van der Waals surface area contributed by atoms with Gasteiger partial charge in [0.1, 0.15) is 11.8 Å². The second kappa shape index (κ2) is 9.00. The summed E-state index contributed by atoms with van der Waals surface area (Å²) in [5, 5.41) is 9.57. The summed E-state index contributed by atoms with van der Waals surface area (Å²) in [4.78, 5) is 17.8. The van der Waals surface area contributed by atoms with Gasteiger partial charge in [0.2, 0.25) is 11.1 Å². The lowest BCUT2D eigenvalue weighted by Crippen LogP contribution is -2.31. The number of hydrogen-bond donors (Lipinski definition) is 1. The number of halogens is 1. The highest BCUT2D eigenvalue weighted by molar-refractivity contribution is 7.98. The van der Waals surface area contributed by atoms with Crippen LogP contribution in [0.25, 0.3) is 0 Å². The molecule has 2 heterocycles. The van der Waals surface area contributed by atoms with Crippen molar-refractivity contribution in [1.29, 1.82) is 0 Å². The summed E-state index contributed by atoms with van der Waals surface area (Å²) in [6.07, 6.45) is 2.22. The molecule has 5 rings (SSSR count). The fourth-order valence-corrected chi connectivity index (χ4v) is 5.12. The summed E-state index contributed by atoms with van der Waals surface area (Å²) < 4.78 is 7.75. The molecule has 0 saturated carbocycles. The number of Topliss-reactive ketones (excluding diaryl/α,β-unsaturated/α-hetero) is 1. The van der Waals surface area contributed by atoms with Gasteiger partial charge >= 0.3 is 0 Å². The Balaban J connectivity index is 1.52. The first kappa shape index (κ1) is 21.1. The SMILES string of the molecule is CCOc1ccccc1[C@@H]1C2=C(CCCC2=O)Nc2nc(SCc3ccc(Cl)cc3)nn21. The second-order valence-corrected chi connectivity index (χ2v) is 9.12. The van der Waals surface area contributed by atoms with E-state index in [2.05, 4.69) is 5.32 Å². The van der Waals surface area contributed by atoms with Gasteiger partial charge < -0.3 is 10.1 Å². The number of anilines is 1. The summed E-state index contributed by atoms with van der Waals surface area (Å²) in [5.41, 5.74) is 3.80. The molecule has 6 nitrogen and oxygen atoms in total. The second-order valence-electron chi connectivity index (χ2n) is 7.75. The van der Waals surface area contributed by atoms with E-state index in [1.54, 1.807) is 11.8 Å². The van der Waals surface area contributed by atoms with E-state index in [0.29, 0.717) is 24.1 Å². The van der Waals surface area contributed by atoms with Crippen molar-refractivity contribution in [1.82, 2.24) is 14.8 Å². The fourth-order valence-electron chi connectivity index (χ4n) is 4.21. The van der Waals surface area contributed by atoms with Crippen LogP contribution in [0.15, 0.2) is 65.0 Å². The van der Waals surface area contributed by atoms with Gasteiger partial charge in [0.15, 0.2) is 5.78 Å². The molecule has 0 fully saturated rings. The number of para-hydroxylation sites is 1. The van der Waals surface area contributed by atoms with Crippen molar-refractivity contribution in [2.24, 2.45) is 0 Å². The van der Waals surface area contributed by atoms with E-state index < -0.39 is 0 Å². The Morgan fingerprint density at radius 3 is 2.81 bits per heavy atom. The van der Waals surface area contributed by atoms with E-state index >= 15 is 0 Å². The van der Waals surface area contributed by atoms with Gasteiger partial charge in [-0.1, -0.05) is 53.7 Å². The van der Waals surface area contributed by atoms with Gasteiger partial charge in [0.05, 0.1) is 6.61 Å². The average Bonchev–Trinajstić information content (AvgIpc) is 3.21. The smallest absolute Gasteiger partial charge is 0.227 e. The minimum absolute atomic E-state index is 0.159. The average molecular weight is 467 g/mol. The number of carbonyl (C=O) groups is 1. The number of nitrogens with zero attached hydrogens (tertiary/aromatic N) is 3. The van der Waals surface area contributed by atoms with Crippen molar-refractivity contribution in [2.45, 2.75) is 43.1 Å². The van der Waals surface area contributed by atoms with Gasteiger partial charge in [-0.3, -0.25) is 4.79 Å². The Morgan fingerprint density at radius 2 is 2.00 bits per heavy atom. The Labute approximate surface area is 196 Å². The van der Waals surface area contributed by atoms with Gasteiger partial charge in [-0.2, -0.15) is 4.98 Å². The van der Waals surface area contributed by atoms with Crippen molar-refractivity contribution >= 4 is 35.1 Å². The maximum atomic E-state index is 13.0. The molecule has 0 amide bonds. The molecule has 0 saturated heterocycles. The van der Waals surface area contributed by atoms with Crippen LogP contribution >= 0.6 is 23.4 Å². The predicted octanol–water partition coefficient (Wildman–Crippen LogP) is 5.64. The van der Waals surface area contributed by atoms with E-state index in [-0.39, 0.29) is 11.8 Å². The molecule has 0 radical (unpaired) electrons. The van der Waals surface area contributed by atoms with Gasteiger partial charge in [0.25, 0.3) is 0 Å². The van der Waals surface area contributed by atoms with E-state index in [4.69, 9.17) is 26.4 Å². The zero-order valence-electron chi connectivity index (χ0n) is 17.7. The zero-order chi connectivity index (χ0) is 22.1. The Hall–Kier alpha value is -2.77. The van der Waals surface area contributed by atoms with Crippen LogP contribution in [0.3, 0.4) is 0 Å². The number of fused-ring (bicyclic) bond motifs is 1. The van der Waals surface area contributed by atoms with Gasteiger partial charge in [-0.15, -0.1) is 5.10 Å². The first-order chi connectivity index (χ1) is 15.6. The van der Waals surface area contributed by atoms with Crippen molar-refractivity contribution in [3.05, 3.63) is 76.0 Å². The van der Waals surface area contributed by atoms with Crippen LogP contribution in [0.2, 0.25) is 5.02 Å². The Kier molecular flexibility index (Phi) is 5.93. The first-order valence-corrected chi connectivity index (χ1v) is 12.1. The third-order valence-corrected chi connectivity index (χ3v) is 6.80. The molecule has 164 valence electrons.